The predicted molar refractivity (Wildman–Crippen MR) is 44.9 cm³/mol. The molecule has 0 aromatic rings. The van der Waals surface area contributed by atoms with Crippen LogP contribution in [-0.2, 0) is 9.53 Å². The Balaban J connectivity index is 0.000001000. The SMILES string of the molecule is C[C@@H]1COC[C@H](C)N1C=O.Cl. The van der Waals surface area contributed by atoms with Gasteiger partial charge < -0.3 is 9.64 Å². The van der Waals surface area contributed by atoms with E-state index in [1.54, 1.807) is 4.90 Å². The number of nitrogens with zero attached hydrogens (tertiary/aromatic N) is 1. The van der Waals surface area contributed by atoms with E-state index in [9.17, 15) is 4.79 Å². The van der Waals surface area contributed by atoms with Gasteiger partial charge in [-0.05, 0) is 13.8 Å². The zero-order chi connectivity index (χ0) is 7.56. The average Bonchev–Trinajstić information content (AvgIpc) is 1.88. The molecule has 0 saturated carbocycles. The molecule has 0 unspecified atom stereocenters. The van der Waals surface area contributed by atoms with Crippen LogP contribution in [0.4, 0.5) is 0 Å². The van der Waals surface area contributed by atoms with Gasteiger partial charge in [0.1, 0.15) is 0 Å². The maximum Gasteiger partial charge on any atom is 0.210 e. The molecule has 0 aromatic heterocycles. The molecule has 1 fully saturated rings. The minimum Gasteiger partial charge on any atom is -0.377 e. The Labute approximate surface area is 73.1 Å². The zero-order valence-corrected chi connectivity index (χ0v) is 7.63. The molecule has 2 atom stereocenters. The molecule has 0 radical (unpaired) electrons. The van der Waals surface area contributed by atoms with Crippen LogP contribution in [0.3, 0.4) is 0 Å². The fourth-order valence-electron chi connectivity index (χ4n) is 1.22. The van der Waals surface area contributed by atoms with Gasteiger partial charge in [-0.3, -0.25) is 4.79 Å². The lowest BCUT2D eigenvalue weighted by Gasteiger charge is -2.35. The largest absolute Gasteiger partial charge is 0.377 e. The van der Waals surface area contributed by atoms with Gasteiger partial charge in [-0.15, -0.1) is 12.4 Å². The molecule has 0 bridgehead atoms. The molecule has 1 aliphatic rings. The normalized spacial score (nSPS) is 30.9. The quantitative estimate of drug-likeness (QED) is 0.554. The number of halogens is 1. The first-order valence-electron chi connectivity index (χ1n) is 3.56. The first-order valence-corrected chi connectivity index (χ1v) is 3.56. The van der Waals surface area contributed by atoms with Gasteiger partial charge in [-0.2, -0.15) is 0 Å². The van der Waals surface area contributed by atoms with E-state index >= 15 is 0 Å². The van der Waals surface area contributed by atoms with E-state index in [0.717, 1.165) is 6.41 Å². The Morgan fingerprint density at radius 3 is 2.09 bits per heavy atom. The van der Waals surface area contributed by atoms with Crippen LogP contribution in [0.1, 0.15) is 13.8 Å². The second-order valence-corrected chi connectivity index (χ2v) is 2.79. The van der Waals surface area contributed by atoms with Gasteiger partial charge in [0.05, 0.1) is 25.3 Å². The molecule has 1 rings (SSSR count). The van der Waals surface area contributed by atoms with Crippen molar-refractivity contribution in [3.05, 3.63) is 0 Å². The third-order valence-corrected chi connectivity index (χ3v) is 1.86. The standard InChI is InChI=1S/C7H13NO2.ClH/c1-6-3-10-4-7(2)8(6)5-9;/h5-7H,3-4H2,1-2H3;1H/t6-,7+;. The van der Waals surface area contributed by atoms with E-state index in [4.69, 9.17) is 4.74 Å². The van der Waals surface area contributed by atoms with Crippen LogP contribution in [0.25, 0.3) is 0 Å². The molecule has 1 amide bonds. The second-order valence-electron chi connectivity index (χ2n) is 2.79. The van der Waals surface area contributed by atoms with Crippen molar-refractivity contribution >= 4 is 18.8 Å². The monoisotopic (exact) mass is 179 g/mol. The highest BCUT2D eigenvalue weighted by atomic mass is 35.5. The van der Waals surface area contributed by atoms with Crippen LogP contribution in [-0.4, -0.2) is 36.6 Å². The van der Waals surface area contributed by atoms with Gasteiger partial charge in [0.2, 0.25) is 6.41 Å². The van der Waals surface area contributed by atoms with E-state index < -0.39 is 0 Å². The molecule has 11 heavy (non-hydrogen) atoms. The summed E-state index contributed by atoms with van der Waals surface area (Å²) in [5.74, 6) is 0. The van der Waals surface area contributed by atoms with Gasteiger partial charge in [-0.1, -0.05) is 0 Å². The summed E-state index contributed by atoms with van der Waals surface area (Å²) in [6, 6.07) is 0.475. The summed E-state index contributed by atoms with van der Waals surface area (Å²) in [6.07, 6.45) is 0.901. The van der Waals surface area contributed by atoms with Gasteiger partial charge in [0.15, 0.2) is 0 Å². The zero-order valence-electron chi connectivity index (χ0n) is 6.82. The molecule has 0 spiro atoms. The van der Waals surface area contributed by atoms with E-state index in [1.807, 2.05) is 13.8 Å². The summed E-state index contributed by atoms with van der Waals surface area (Å²) in [5.41, 5.74) is 0. The number of hydrogen-bond donors (Lipinski definition) is 0. The van der Waals surface area contributed by atoms with E-state index in [-0.39, 0.29) is 24.5 Å². The van der Waals surface area contributed by atoms with E-state index in [2.05, 4.69) is 0 Å². The van der Waals surface area contributed by atoms with Crippen LogP contribution in [0, 0.1) is 0 Å². The molecule has 1 saturated heterocycles. The third-order valence-electron chi connectivity index (χ3n) is 1.86. The lowest BCUT2D eigenvalue weighted by molar-refractivity contribution is -0.130. The van der Waals surface area contributed by atoms with Crippen molar-refractivity contribution < 1.29 is 9.53 Å². The lowest BCUT2D eigenvalue weighted by atomic mass is 10.2. The van der Waals surface area contributed by atoms with Crippen LogP contribution >= 0.6 is 12.4 Å². The molecule has 3 nitrogen and oxygen atoms in total. The summed E-state index contributed by atoms with van der Waals surface area (Å²) in [5, 5.41) is 0. The second kappa shape index (κ2) is 4.57. The minimum atomic E-state index is 0. The molecule has 0 aliphatic carbocycles. The Kier molecular flexibility index (Phi) is 4.45. The number of rotatable bonds is 1. The number of hydrogen-bond acceptors (Lipinski definition) is 2. The number of ether oxygens (including phenoxy) is 1. The van der Waals surface area contributed by atoms with Crippen molar-refractivity contribution in [1.82, 2.24) is 4.90 Å². The van der Waals surface area contributed by atoms with Crippen LogP contribution in [0.2, 0.25) is 0 Å². The van der Waals surface area contributed by atoms with E-state index in [0.29, 0.717) is 13.2 Å². The first kappa shape index (κ1) is 10.7. The molecule has 66 valence electrons. The maximum absolute atomic E-state index is 10.5. The highest BCUT2D eigenvalue weighted by Crippen LogP contribution is 2.09. The van der Waals surface area contributed by atoms with Crippen LogP contribution < -0.4 is 0 Å². The van der Waals surface area contributed by atoms with E-state index in [1.165, 1.54) is 0 Å². The summed E-state index contributed by atoms with van der Waals surface area (Å²) >= 11 is 0. The predicted octanol–water partition coefficient (Wildman–Crippen LogP) is 0.674. The Morgan fingerprint density at radius 1 is 1.36 bits per heavy atom. The maximum atomic E-state index is 10.5. The van der Waals surface area contributed by atoms with Crippen LogP contribution in [0.15, 0.2) is 0 Å². The van der Waals surface area contributed by atoms with Gasteiger partial charge >= 0.3 is 0 Å². The van der Waals surface area contributed by atoms with Gasteiger partial charge in [0.25, 0.3) is 0 Å². The third kappa shape index (κ3) is 2.34. The molecular formula is C7H14ClNO2. The Morgan fingerprint density at radius 2 is 1.82 bits per heavy atom. The smallest absolute Gasteiger partial charge is 0.210 e. The minimum absolute atomic E-state index is 0. The summed E-state index contributed by atoms with van der Waals surface area (Å²) in [4.78, 5) is 12.2. The lowest BCUT2D eigenvalue weighted by Crippen LogP contribution is -2.48. The average molecular weight is 180 g/mol. The molecule has 4 heteroatoms. The summed E-state index contributed by atoms with van der Waals surface area (Å²) in [7, 11) is 0. The molecular weight excluding hydrogens is 166 g/mol. The van der Waals surface area contributed by atoms with Crippen LogP contribution in [0.5, 0.6) is 0 Å². The van der Waals surface area contributed by atoms with Crippen molar-refractivity contribution in [1.29, 1.82) is 0 Å². The number of amides is 1. The molecule has 1 aliphatic heterocycles. The number of carbonyl (C=O) groups excluding carboxylic acids is 1. The van der Waals surface area contributed by atoms with Crippen molar-refractivity contribution in [2.24, 2.45) is 0 Å². The number of morpholine rings is 1. The Bertz CT molecular complexity index is 122. The highest BCUT2D eigenvalue weighted by molar-refractivity contribution is 5.85. The first-order chi connectivity index (χ1) is 4.75. The van der Waals surface area contributed by atoms with Gasteiger partial charge in [0, 0.05) is 0 Å². The highest BCUT2D eigenvalue weighted by Gasteiger charge is 2.22. The van der Waals surface area contributed by atoms with Crippen molar-refractivity contribution in [3.8, 4) is 0 Å². The molecule has 0 N–H and O–H groups in total. The number of carbonyl (C=O) groups is 1. The van der Waals surface area contributed by atoms with Crippen molar-refractivity contribution in [2.75, 3.05) is 13.2 Å². The summed E-state index contributed by atoms with van der Waals surface area (Å²) < 4.78 is 5.23. The Hall–Kier alpha value is -0.280. The fourth-order valence-corrected chi connectivity index (χ4v) is 1.22. The van der Waals surface area contributed by atoms with Crippen molar-refractivity contribution in [2.45, 2.75) is 25.9 Å². The topological polar surface area (TPSA) is 29.5 Å². The molecule has 0 aromatic carbocycles. The van der Waals surface area contributed by atoms with Gasteiger partial charge in [-0.25, -0.2) is 0 Å². The fraction of sp³-hybridized carbons (Fsp3) is 0.857. The molecule has 1 heterocycles. The summed E-state index contributed by atoms with van der Waals surface area (Å²) in [6.45, 7) is 5.32. The van der Waals surface area contributed by atoms with Crippen molar-refractivity contribution in [3.63, 3.8) is 0 Å².